The van der Waals surface area contributed by atoms with Gasteiger partial charge in [-0.25, -0.2) is 4.79 Å². The number of hydrogen-bond acceptors (Lipinski definition) is 8. The van der Waals surface area contributed by atoms with Crippen LogP contribution in [0.2, 0.25) is 0 Å². The quantitative estimate of drug-likeness (QED) is 0.240. The van der Waals surface area contributed by atoms with E-state index >= 15 is 0 Å². The lowest BCUT2D eigenvalue weighted by atomic mass is 10.1. The number of ketones is 1. The number of esters is 1. The van der Waals surface area contributed by atoms with E-state index in [0.29, 0.717) is 23.7 Å². The van der Waals surface area contributed by atoms with Gasteiger partial charge in [-0.2, -0.15) is 0 Å². The van der Waals surface area contributed by atoms with E-state index in [1.807, 2.05) is 0 Å². The minimum absolute atomic E-state index is 0.00992. The van der Waals surface area contributed by atoms with E-state index in [0.717, 1.165) is 6.07 Å². The normalized spacial score (nSPS) is 10.3. The lowest BCUT2D eigenvalue weighted by molar-refractivity contribution is -0.384. The fourth-order valence-corrected chi connectivity index (χ4v) is 2.63. The van der Waals surface area contributed by atoms with Gasteiger partial charge in [-0.05, 0) is 17.5 Å². The van der Waals surface area contributed by atoms with Gasteiger partial charge >= 0.3 is 5.97 Å². The molecule has 0 bridgehead atoms. The minimum Gasteiger partial charge on any atom is -0.454 e. The summed E-state index contributed by atoms with van der Waals surface area (Å²) in [6, 6.07) is 7.17. The van der Waals surface area contributed by atoms with E-state index in [4.69, 9.17) is 9.47 Å². The Balaban J connectivity index is 2.12. The fourth-order valence-electron chi connectivity index (χ4n) is 1.97. The van der Waals surface area contributed by atoms with Gasteiger partial charge in [-0.1, -0.05) is 6.07 Å². The molecule has 1 N–H and O–H groups in total. The topological polar surface area (TPSA) is 108 Å². The Morgan fingerprint density at radius 1 is 1.32 bits per heavy atom. The van der Waals surface area contributed by atoms with Crippen molar-refractivity contribution in [3.05, 3.63) is 56.3 Å². The summed E-state index contributed by atoms with van der Waals surface area (Å²) < 4.78 is 9.94. The number of ether oxygens (including phenoxy) is 2. The maximum absolute atomic E-state index is 12.3. The molecule has 2 rings (SSSR count). The van der Waals surface area contributed by atoms with Gasteiger partial charge in [-0.3, -0.25) is 14.9 Å². The maximum atomic E-state index is 12.3. The van der Waals surface area contributed by atoms with Crippen LogP contribution in [0, 0.1) is 10.1 Å². The third kappa shape index (κ3) is 5.10. The zero-order chi connectivity index (χ0) is 18.2. The first-order valence-corrected chi connectivity index (χ1v) is 8.16. The van der Waals surface area contributed by atoms with Crippen molar-refractivity contribution in [2.45, 2.75) is 0 Å². The molecule has 9 heteroatoms. The Morgan fingerprint density at radius 3 is 2.76 bits per heavy atom. The van der Waals surface area contributed by atoms with Crippen molar-refractivity contribution in [2.75, 3.05) is 32.2 Å². The largest absolute Gasteiger partial charge is 0.454 e. The Morgan fingerprint density at radius 2 is 2.12 bits per heavy atom. The summed E-state index contributed by atoms with van der Waals surface area (Å²) in [5.74, 6) is -1.14. The summed E-state index contributed by atoms with van der Waals surface area (Å²) >= 11 is 1.25. The van der Waals surface area contributed by atoms with Crippen LogP contribution in [0.1, 0.15) is 20.0 Å². The van der Waals surface area contributed by atoms with Crippen LogP contribution in [0.4, 0.5) is 11.4 Å². The number of rotatable bonds is 9. The summed E-state index contributed by atoms with van der Waals surface area (Å²) in [5.41, 5.74) is 0.120. The second-order valence-electron chi connectivity index (χ2n) is 4.88. The number of carbonyl (C=O) groups excluding carboxylic acids is 2. The lowest BCUT2D eigenvalue weighted by Crippen LogP contribution is -2.16. The number of Topliss-reactive ketones (excluding diaryl/α,β-unsaturated/α-hetero) is 1. The molecule has 0 spiro atoms. The average molecular weight is 364 g/mol. The van der Waals surface area contributed by atoms with Gasteiger partial charge in [-0.15, -0.1) is 11.3 Å². The zero-order valence-corrected chi connectivity index (χ0v) is 14.2. The Kier molecular flexibility index (Phi) is 6.61. The number of nitro groups is 1. The highest BCUT2D eigenvalue weighted by molar-refractivity contribution is 7.12. The van der Waals surface area contributed by atoms with E-state index in [-0.39, 0.29) is 17.0 Å². The average Bonchev–Trinajstić information content (AvgIpc) is 3.14. The van der Waals surface area contributed by atoms with Gasteiger partial charge < -0.3 is 14.8 Å². The highest BCUT2D eigenvalue weighted by Gasteiger charge is 2.19. The second kappa shape index (κ2) is 8.90. The van der Waals surface area contributed by atoms with Crippen LogP contribution in [0.5, 0.6) is 0 Å². The maximum Gasteiger partial charge on any atom is 0.340 e. The third-order valence-corrected chi connectivity index (χ3v) is 4.10. The molecule has 1 aromatic carbocycles. The number of nitrogens with zero attached hydrogens (tertiary/aromatic N) is 1. The van der Waals surface area contributed by atoms with Crippen molar-refractivity contribution in [3.63, 3.8) is 0 Å². The number of thiophene rings is 1. The summed E-state index contributed by atoms with van der Waals surface area (Å²) in [6.45, 7) is 0.366. The van der Waals surface area contributed by atoms with Crippen molar-refractivity contribution >= 4 is 34.5 Å². The molecular formula is C16H16N2O6S. The first-order valence-electron chi connectivity index (χ1n) is 7.28. The van der Waals surface area contributed by atoms with Crippen molar-refractivity contribution < 1.29 is 24.0 Å². The van der Waals surface area contributed by atoms with E-state index in [1.54, 1.807) is 17.5 Å². The first kappa shape index (κ1) is 18.6. The lowest BCUT2D eigenvalue weighted by Gasteiger charge is -2.11. The molecule has 1 heterocycles. The number of nitro benzene ring substituents is 1. The molecule has 0 amide bonds. The number of methoxy groups -OCH3 is 1. The number of benzene rings is 1. The molecule has 132 valence electrons. The minimum atomic E-state index is -0.812. The van der Waals surface area contributed by atoms with Crippen LogP contribution in [-0.4, -0.2) is 43.5 Å². The van der Waals surface area contributed by atoms with E-state index < -0.39 is 17.5 Å². The molecule has 0 radical (unpaired) electrons. The molecule has 0 atom stereocenters. The van der Waals surface area contributed by atoms with Gasteiger partial charge in [0.2, 0.25) is 5.78 Å². The van der Waals surface area contributed by atoms with Crippen molar-refractivity contribution in [3.8, 4) is 0 Å². The Hall–Kier alpha value is -2.78. The Bertz CT molecular complexity index is 760. The second-order valence-corrected chi connectivity index (χ2v) is 5.83. The predicted octanol–water partition coefficient (Wildman–Crippen LogP) is 2.75. The SMILES string of the molecule is COCCNc1ccc([N+](=O)[O-])cc1C(=O)OCC(=O)c1cccs1. The first-order chi connectivity index (χ1) is 12.0. The van der Waals surface area contributed by atoms with Crippen LogP contribution in [-0.2, 0) is 9.47 Å². The van der Waals surface area contributed by atoms with Crippen molar-refractivity contribution in [1.29, 1.82) is 0 Å². The number of carbonyl (C=O) groups is 2. The molecule has 0 fully saturated rings. The smallest absolute Gasteiger partial charge is 0.340 e. The highest BCUT2D eigenvalue weighted by atomic mass is 32.1. The molecule has 0 aliphatic heterocycles. The molecule has 8 nitrogen and oxygen atoms in total. The third-order valence-electron chi connectivity index (χ3n) is 3.19. The van der Waals surface area contributed by atoms with Gasteiger partial charge in [0.1, 0.15) is 0 Å². The molecule has 25 heavy (non-hydrogen) atoms. The standard InChI is InChI=1S/C16H16N2O6S/c1-23-7-6-17-13-5-4-11(18(21)22)9-12(13)16(20)24-10-14(19)15-3-2-8-25-15/h2-5,8-9,17H,6-7,10H2,1H3. The van der Waals surface area contributed by atoms with Crippen LogP contribution >= 0.6 is 11.3 Å². The van der Waals surface area contributed by atoms with Gasteiger partial charge in [0.15, 0.2) is 6.61 Å². The summed E-state index contributed by atoms with van der Waals surface area (Å²) in [6.07, 6.45) is 0. The number of hydrogen-bond donors (Lipinski definition) is 1. The number of anilines is 1. The molecule has 0 unspecified atom stereocenters. The molecule has 0 aliphatic rings. The van der Waals surface area contributed by atoms with Gasteiger partial charge in [0, 0.05) is 31.5 Å². The fraction of sp³-hybridized carbons (Fsp3) is 0.250. The van der Waals surface area contributed by atoms with Crippen LogP contribution < -0.4 is 5.32 Å². The molecular weight excluding hydrogens is 348 g/mol. The highest BCUT2D eigenvalue weighted by Crippen LogP contribution is 2.23. The molecule has 0 saturated heterocycles. The van der Waals surface area contributed by atoms with E-state index in [9.17, 15) is 19.7 Å². The van der Waals surface area contributed by atoms with Crippen LogP contribution in [0.3, 0.4) is 0 Å². The molecule has 1 aromatic heterocycles. The number of nitrogens with one attached hydrogen (secondary N) is 1. The van der Waals surface area contributed by atoms with E-state index in [2.05, 4.69) is 5.32 Å². The summed E-state index contributed by atoms with van der Waals surface area (Å²) in [7, 11) is 1.53. The molecule has 2 aromatic rings. The predicted molar refractivity (Wildman–Crippen MR) is 92.4 cm³/mol. The molecule has 0 aliphatic carbocycles. The summed E-state index contributed by atoms with van der Waals surface area (Å²) in [4.78, 5) is 35.0. The summed E-state index contributed by atoms with van der Waals surface area (Å²) in [5, 5.41) is 15.6. The number of non-ortho nitro benzene ring substituents is 1. The Labute approximate surface area is 147 Å². The van der Waals surface area contributed by atoms with Gasteiger partial charge in [0.05, 0.1) is 22.0 Å². The van der Waals surface area contributed by atoms with Crippen LogP contribution in [0.25, 0.3) is 0 Å². The monoisotopic (exact) mass is 364 g/mol. The van der Waals surface area contributed by atoms with Gasteiger partial charge in [0.25, 0.3) is 5.69 Å². The van der Waals surface area contributed by atoms with E-state index in [1.165, 1.54) is 30.6 Å². The van der Waals surface area contributed by atoms with Crippen molar-refractivity contribution in [1.82, 2.24) is 0 Å². The molecule has 0 saturated carbocycles. The zero-order valence-electron chi connectivity index (χ0n) is 13.4. The van der Waals surface area contributed by atoms with Crippen LogP contribution in [0.15, 0.2) is 35.7 Å². The van der Waals surface area contributed by atoms with Crippen molar-refractivity contribution in [2.24, 2.45) is 0 Å².